The Morgan fingerprint density at radius 1 is 1.65 bits per heavy atom. The number of nitrogens with zero attached hydrogens (tertiary/aromatic N) is 4. The molecule has 0 aromatic carbocycles. The normalized spacial score (nSPS) is 10.8. The van der Waals surface area contributed by atoms with Gasteiger partial charge in [0.1, 0.15) is 5.15 Å². The third kappa shape index (κ3) is 3.93. The smallest absolute Gasteiger partial charge is 0.209 e. The number of hydrogen-bond donors (Lipinski definition) is 1. The number of rotatable bonds is 3. The molecule has 0 aliphatic carbocycles. The van der Waals surface area contributed by atoms with E-state index in [1.807, 2.05) is 17.9 Å². The van der Waals surface area contributed by atoms with Gasteiger partial charge in [-0.25, -0.2) is 4.98 Å². The Morgan fingerprint density at radius 2 is 2.41 bits per heavy atom. The summed E-state index contributed by atoms with van der Waals surface area (Å²) < 4.78 is 0. The van der Waals surface area contributed by atoms with E-state index in [2.05, 4.69) is 15.3 Å². The molecule has 1 aromatic heterocycles. The third-order valence-corrected chi connectivity index (χ3v) is 2.45. The van der Waals surface area contributed by atoms with Gasteiger partial charge in [-0.05, 0) is 18.6 Å². The fourth-order valence-electron chi connectivity index (χ4n) is 1.39. The number of aliphatic imine (C=N–C) groups is 1. The Morgan fingerprint density at radius 3 is 2.88 bits per heavy atom. The molecule has 6 heteroatoms. The average Bonchev–Trinajstić information content (AvgIpc) is 2.36. The van der Waals surface area contributed by atoms with E-state index in [9.17, 15) is 0 Å². The second kappa shape index (κ2) is 6.71. The van der Waals surface area contributed by atoms with Crippen molar-refractivity contribution in [1.82, 2.24) is 15.2 Å². The van der Waals surface area contributed by atoms with Crippen molar-refractivity contribution in [3.05, 3.63) is 29.0 Å². The van der Waals surface area contributed by atoms with E-state index in [1.165, 1.54) is 0 Å². The first-order chi connectivity index (χ1) is 8.21. The minimum Gasteiger partial charge on any atom is -0.358 e. The summed E-state index contributed by atoms with van der Waals surface area (Å²) in [6.45, 7) is 3.36. The summed E-state index contributed by atoms with van der Waals surface area (Å²) in [4.78, 5) is 9.67. The Labute approximate surface area is 106 Å². The van der Waals surface area contributed by atoms with Gasteiger partial charge in [0.25, 0.3) is 0 Å². The Kier molecular flexibility index (Phi) is 5.24. The van der Waals surface area contributed by atoms with Crippen molar-refractivity contribution in [2.45, 2.75) is 13.5 Å². The van der Waals surface area contributed by atoms with Gasteiger partial charge in [-0.3, -0.25) is 0 Å². The number of nitriles is 1. The summed E-state index contributed by atoms with van der Waals surface area (Å²) >= 11 is 5.72. The van der Waals surface area contributed by atoms with E-state index in [1.54, 1.807) is 25.5 Å². The number of hydrogen-bond acceptors (Lipinski definition) is 3. The van der Waals surface area contributed by atoms with Crippen molar-refractivity contribution in [2.24, 2.45) is 4.99 Å². The van der Waals surface area contributed by atoms with Gasteiger partial charge in [0.05, 0.1) is 0 Å². The van der Waals surface area contributed by atoms with Crippen LogP contribution in [0.2, 0.25) is 5.15 Å². The fraction of sp³-hybridized carbons (Fsp3) is 0.364. The molecule has 1 N–H and O–H groups in total. The zero-order valence-electron chi connectivity index (χ0n) is 9.81. The van der Waals surface area contributed by atoms with Gasteiger partial charge in [-0.15, -0.1) is 4.99 Å². The van der Waals surface area contributed by atoms with E-state index >= 15 is 0 Å². The molecule has 0 atom stereocenters. The number of aromatic nitrogens is 1. The van der Waals surface area contributed by atoms with Crippen LogP contribution >= 0.6 is 11.6 Å². The zero-order valence-corrected chi connectivity index (χ0v) is 10.6. The topological polar surface area (TPSA) is 64.3 Å². The van der Waals surface area contributed by atoms with Crippen LogP contribution in [-0.4, -0.2) is 29.4 Å². The minimum absolute atomic E-state index is 0.469. The van der Waals surface area contributed by atoms with Crippen LogP contribution in [0.15, 0.2) is 23.3 Å². The average molecular weight is 252 g/mol. The van der Waals surface area contributed by atoms with Crippen LogP contribution in [0.5, 0.6) is 0 Å². The van der Waals surface area contributed by atoms with Crippen LogP contribution in [0.3, 0.4) is 0 Å². The molecular formula is C11H14ClN5. The van der Waals surface area contributed by atoms with Gasteiger partial charge in [-0.1, -0.05) is 17.7 Å². The van der Waals surface area contributed by atoms with Crippen LogP contribution in [0.1, 0.15) is 12.5 Å². The SMILES string of the molecule is CCN(Cc1ccc(Cl)nc1)/C(=N/C#N)NC. The zero-order chi connectivity index (χ0) is 12.7. The third-order valence-electron chi connectivity index (χ3n) is 2.22. The van der Waals surface area contributed by atoms with Crippen LogP contribution in [0, 0.1) is 11.5 Å². The lowest BCUT2D eigenvalue weighted by molar-refractivity contribution is 0.421. The van der Waals surface area contributed by atoms with E-state index < -0.39 is 0 Å². The predicted octanol–water partition coefficient (Wildman–Crippen LogP) is 1.61. The molecule has 90 valence electrons. The highest BCUT2D eigenvalue weighted by Crippen LogP contribution is 2.08. The molecule has 5 nitrogen and oxygen atoms in total. The monoisotopic (exact) mass is 251 g/mol. The molecule has 0 radical (unpaired) electrons. The van der Waals surface area contributed by atoms with E-state index in [-0.39, 0.29) is 0 Å². The maximum atomic E-state index is 8.58. The highest BCUT2D eigenvalue weighted by atomic mass is 35.5. The van der Waals surface area contributed by atoms with Crippen LogP contribution in [0.25, 0.3) is 0 Å². The second-order valence-corrected chi connectivity index (χ2v) is 3.68. The molecule has 0 saturated heterocycles. The highest BCUT2D eigenvalue weighted by molar-refractivity contribution is 6.29. The second-order valence-electron chi connectivity index (χ2n) is 3.29. The molecule has 1 heterocycles. The van der Waals surface area contributed by atoms with Crippen LogP contribution in [-0.2, 0) is 6.54 Å². The molecule has 1 aromatic rings. The molecule has 0 aliphatic rings. The molecule has 17 heavy (non-hydrogen) atoms. The lowest BCUT2D eigenvalue weighted by Gasteiger charge is -2.23. The summed E-state index contributed by atoms with van der Waals surface area (Å²) in [5.41, 5.74) is 1.01. The Balaban J connectivity index is 2.80. The molecule has 0 aliphatic heterocycles. The van der Waals surface area contributed by atoms with Crippen LogP contribution in [0.4, 0.5) is 0 Å². The number of halogens is 1. The molecule has 0 amide bonds. The Hall–Kier alpha value is -1.80. The van der Waals surface area contributed by atoms with Gasteiger partial charge < -0.3 is 10.2 Å². The Bertz CT molecular complexity index is 420. The van der Waals surface area contributed by atoms with E-state index in [0.717, 1.165) is 12.1 Å². The van der Waals surface area contributed by atoms with Crippen molar-refractivity contribution >= 4 is 17.6 Å². The van der Waals surface area contributed by atoms with Crippen molar-refractivity contribution in [1.29, 1.82) is 5.26 Å². The molecule has 1 rings (SSSR count). The van der Waals surface area contributed by atoms with Gasteiger partial charge in [-0.2, -0.15) is 5.26 Å². The first-order valence-corrected chi connectivity index (χ1v) is 5.59. The molecule has 0 fully saturated rings. The van der Waals surface area contributed by atoms with Gasteiger partial charge in [0.2, 0.25) is 12.2 Å². The highest BCUT2D eigenvalue weighted by Gasteiger charge is 2.08. The maximum absolute atomic E-state index is 8.58. The molecule has 0 spiro atoms. The molecular weight excluding hydrogens is 238 g/mol. The lowest BCUT2D eigenvalue weighted by atomic mass is 10.2. The number of guanidine groups is 1. The first-order valence-electron chi connectivity index (χ1n) is 5.21. The summed E-state index contributed by atoms with van der Waals surface area (Å²) in [5.74, 6) is 0.546. The van der Waals surface area contributed by atoms with Gasteiger partial charge >= 0.3 is 0 Å². The molecule has 0 unspecified atom stereocenters. The predicted molar refractivity (Wildman–Crippen MR) is 67.4 cm³/mol. The number of pyridine rings is 1. The van der Waals surface area contributed by atoms with Crippen LogP contribution < -0.4 is 5.32 Å². The minimum atomic E-state index is 0.469. The van der Waals surface area contributed by atoms with E-state index in [0.29, 0.717) is 17.7 Å². The largest absolute Gasteiger partial charge is 0.358 e. The van der Waals surface area contributed by atoms with Crippen molar-refractivity contribution < 1.29 is 0 Å². The maximum Gasteiger partial charge on any atom is 0.209 e. The summed E-state index contributed by atoms with van der Waals surface area (Å²) in [7, 11) is 1.74. The first kappa shape index (κ1) is 13.3. The van der Waals surface area contributed by atoms with Crippen molar-refractivity contribution in [3.8, 4) is 6.19 Å². The quantitative estimate of drug-likeness (QED) is 0.384. The van der Waals surface area contributed by atoms with Gasteiger partial charge in [0.15, 0.2) is 0 Å². The molecule has 0 bridgehead atoms. The molecule has 0 saturated carbocycles. The summed E-state index contributed by atoms with van der Waals surface area (Å²) in [6, 6.07) is 3.64. The fourth-order valence-corrected chi connectivity index (χ4v) is 1.50. The summed E-state index contributed by atoms with van der Waals surface area (Å²) in [6.07, 6.45) is 3.49. The van der Waals surface area contributed by atoms with Crippen molar-refractivity contribution in [3.63, 3.8) is 0 Å². The van der Waals surface area contributed by atoms with Crippen molar-refractivity contribution in [2.75, 3.05) is 13.6 Å². The number of nitrogens with one attached hydrogen (secondary N) is 1. The van der Waals surface area contributed by atoms with E-state index in [4.69, 9.17) is 16.9 Å². The summed E-state index contributed by atoms with van der Waals surface area (Å²) in [5, 5.41) is 11.9. The van der Waals surface area contributed by atoms with Gasteiger partial charge in [0, 0.05) is 26.3 Å². The lowest BCUT2D eigenvalue weighted by Crippen LogP contribution is -2.38. The standard InChI is InChI=1S/C11H14ClN5/c1-3-17(11(14-2)16-8-13)7-9-4-5-10(12)15-6-9/h4-6H,3,7H2,1-2H3,(H,14,16).